The van der Waals surface area contributed by atoms with Crippen molar-refractivity contribution in [1.29, 1.82) is 0 Å². The maximum Gasteiger partial charge on any atom is 0.182 e. The molecule has 1 heterocycles. The summed E-state index contributed by atoms with van der Waals surface area (Å²) >= 11 is 8.80. The zero-order valence-electron chi connectivity index (χ0n) is 10.1. The molecule has 0 aliphatic carbocycles. The van der Waals surface area contributed by atoms with Gasteiger partial charge < -0.3 is 4.98 Å². The molecule has 0 unspecified atom stereocenters. The van der Waals surface area contributed by atoms with E-state index in [1.807, 2.05) is 29.7 Å². The molecule has 0 spiro atoms. The van der Waals surface area contributed by atoms with Gasteiger partial charge in [0.2, 0.25) is 0 Å². The Balaban J connectivity index is 2.38. The first-order valence-corrected chi connectivity index (χ1v) is 6.92. The molecule has 0 fully saturated rings. The first-order chi connectivity index (χ1) is 9.04. The van der Waals surface area contributed by atoms with E-state index in [-0.39, 0.29) is 5.82 Å². The quantitative estimate of drug-likeness (QED) is 0.627. The number of rotatable bonds is 1. The van der Waals surface area contributed by atoms with Gasteiger partial charge in [0.15, 0.2) is 4.77 Å². The highest BCUT2D eigenvalue weighted by Crippen LogP contribution is 2.24. The van der Waals surface area contributed by atoms with E-state index in [2.05, 4.69) is 20.9 Å². The fourth-order valence-corrected chi connectivity index (χ4v) is 3.09. The van der Waals surface area contributed by atoms with Gasteiger partial charge in [-0.2, -0.15) is 0 Å². The number of halogens is 2. The van der Waals surface area contributed by atoms with E-state index in [0.717, 1.165) is 26.8 Å². The van der Waals surface area contributed by atoms with Crippen LogP contribution in [0.4, 0.5) is 4.39 Å². The number of aromatic nitrogens is 2. The van der Waals surface area contributed by atoms with E-state index in [1.165, 1.54) is 12.1 Å². The van der Waals surface area contributed by atoms with Crippen LogP contribution >= 0.6 is 28.1 Å². The minimum atomic E-state index is -0.276. The first kappa shape index (κ1) is 12.6. The van der Waals surface area contributed by atoms with Crippen LogP contribution in [0, 0.1) is 17.5 Å². The second kappa shape index (κ2) is 4.58. The van der Waals surface area contributed by atoms with E-state index >= 15 is 0 Å². The maximum atomic E-state index is 13.4. The molecule has 0 aliphatic rings. The fourth-order valence-electron chi connectivity index (χ4n) is 2.18. The summed E-state index contributed by atoms with van der Waals surface area (Å²) in [4.78, 5) is 3.09. The predicted molar refractivity (Wildman–Crippen MR) is 80.9 cm³/mol. The summed E-state index contributed by atoms with van der Waals surface area (Å²) in [6, 6.07) is 10.6. The van der Waals surface area contributed by atoms with Crippen molar-refractivity contribution in [2.45, 2.75) is 6.92 Å². The van der Waals surface area contributed by atoms with Crippen molar-refractivity contribution in [2.75, 3.05) is 0 Å². The third kappa shape index (κ3) is 2.24. The summed E-state index contributed by atoms with van der Waals surface area (Å²) in [5.74, 6) is -0.276. The summed E-state index contributed by atoms with van der Waals surface area (Å²) in [5.41, 5.74) is 3.58. The molecule has 0 atom stereocenters. The molecule has 1 aromatic heterocycles. The summed E-state index contributed by atoms with van der Waals surface area (Å²) < 4.78 is 16.8. The average molecular weight is 337 g/mol. The molecule has 2 aromatic carbocycles. The minimum Gasteiger partial charge on any atom is -0.330 e. The molecule has 0 saturated heterocycles. The minimum absolute atomic E-state index is 0.276. The Morgan fingerprint density at radius 3 is 2.74 bits per heavy atom. The average Bonchev–Trinajstić information content (AvgIpc) is 2.63. The molecule has 0 radical (unpaired) electrons. The highest BCUT2D eigenvalue weighted by atomic mass is 79.9. The van der Waals surface area contributed by atoms with Gasteiger partial charge in [0.1, 0.15) is 5.82 Å². The molecule has 0 bridgehead atoms. The van der Waals surface area contributed by atoms with Gasteiger partial charge in [0, 0.05) is 16.2 Å². The largest absolute Gasteiger partial charge is 0.330 e. The van der Waals surface area contributed by atoms with Gasteiger partial charge >= 0.3 is 0 Å². The molecular weight excluding hydrogens is 327 g/mol. The Morgan fingerprint density at radius 2 is 2.00 bits per heavy atom. The molecule has 0 aliphatic heterocycles. The SMILES string of the molecule is Cc1cc(Br)cc(-n2c(=S)[nH]c3ccc(F)cc32)c1. The lowest BCUT2D eigenvalue weighted by atomic mass is 10.2. The van der Waals surface area contributed by atoms with E-state index in [4.69, 9.17) is 12.2 Å². The van der Waals surface area contributed by atoms with Crippen LogP contribution in [-0.4, -0.2) is 9.55 Å². The molecule has 3 aromatic rings. The molecule has 1 N–H and O–H groups in total. The Kier molecular flexibility index (Phi) is 3.03. The van der Waals surface area contributed by atoms with Crippen molar-refractivity contribution < 1.29 is 4.39 Å². The van der Waals surface area contributed by atoms with Gasteiger partial charge in [-0.15, -0.1) is 0 Å². The number of hydrogen-bond donors (Lipinski definition) is 1. The Bertz CT molecular complexity index is 815. The van der Waals surface area contributed by atoms with Crippen LogP contribution in [-0.2, 0) is 0 Å². The molecule has 3 rings (SSSR count). The van der Waals surface area contributed by atoms with Gasteiger partial charge in [-0.25, -0.2) is 4.39 Å². The highest BCUT2D eigenvalue weighted by molar-refractivity contribution is 9.10. The third-order valence-electron chi connectivity index (χ3n) is 2.93. The van der Waals surface area contributed by atoms with Crippen LogP contribution in [0.5, 0.6) is 0 Å². The Hall–Kier alpha value is -1.46. The van der Waals surface area contributed by atoms with Crippen LogP contribution in [0.3, 0.4) is 0 Å². The number of nitrogens with one attached hydrogen (secondary N) is 1. The fraction of sp³-hybridized carbons (Fsp3) is 0.0714. The van der Waals surface area contributed by atoms with Crippen molar-refractivity contribution >= 4 is 39.2 Å². The third-order valence-corrected chi connectivity index (χ3v) is 3.67. The Morgan fingerprint density at radius 1 is 1.21 bits per heavy atom. The van der Waals surface area contributed by atoms with Crippen LogP contribution in [0.2, 0.25) is 0 Å². The molecule has 2 nitrogen and oxygen atoms in total. The number of aromatic amines is 1. The molecule has 96 valence electrons. The van der Waals surface area contributed by atoms with Gasteiger partial charge in [-0.3, -0.25) is 4.57 Å². The topological polar surface area (TPSA) is 20.7 Å². The van der Waals surface area contributed by atoms with E-state index in [1.54, 1.807) is 6.07 Å². The maximum absolute atomic E-state index is 13.4. The number of hydrogen-bond acceptors (Lipinski definition) is 1. The van der Waals surface area contributed by atoms with Gasteiger partial charge in [-0.1, -0.05) is 15.9 Å². The van der Waals surface area contributed by atoms with Crippen LogP contribution < -0.4 is 0 Å². The van der Waals surface area contributed by atoms with Crippen molar-refractivity contribution in [3.8, 4) is 5.69 Å². The second-order valence-electron chi connectivity index (χ2n) is 4.41. The van der Waals surface area contributed by atoms with Crippen molar-refractivity contribution in [3.05, 3.63) is 57.0 Å². The highest BCUT2D eigenvalue weighted by Gasteiger charge is 2.08. The monoisotopic (exact) mass is 336 g/mol. The summed E-state index contributed by atoms with van der Waals surface area (Å²) in [6.45, 7) is 2.01. The van der Waals surface area contributed by atoms with Crippen LogP contribution in [0.15, 0.2) is 40.9 Å². The van der Waals surface area contributed by atoms with Crippen LogP contribution in [0.1, 0.15) is 5.56 Å². The molecule has 0 amide bonds. The van der Waals surface area contributed by atoms with Gasteiger partial charge in [0.05, 0.1) is 11.0 Å². The lowest BCUT2D eigenvalue weighted by molar-refractivity contribution is 0.629. The smallest absolute Gasteiger partial charge is 0.182 e. The summed E-state index contributed by atoms with van der Waals surface area (Å²) in [5, 5.41) is 0. The van der Waals surface area contributed by atoms with Crippen LogP contribution in [0.25, 0.3) is 16.7 Å². The summed E-state index contributed by atoms with van der Waals surface area (Å²) in [7, 11) is 0. The zero-order chi connectivity index (χ0) is 13.6. The van der Waals surface area contributed by atoms with Crippen molar-refractivity contribution in [2.24, 2.45) is 0 Å². The summed E-state index contributed by atoms with van der Waals surface area (Å²) in [6.07, 6.45) is 0. The van der Waals surface area contributed by atoms with E-state index < -0.39 is 0 Å². The number of H-pyrrole nitrogens is 1. The number of fused-ring (bicyclic) bond motifs is 1. The number of benzene rings is 2. The van der Waals surface area contributed by atoms with Crippen molar-refractivity contribution in [1.82, 2.24) is 9.55 Å². The predicted octanol–water partition coefficient (Wildman–Crippen LogP) is 4.90. The Labute approximate surface area is 123 Å². The second-order valence-corrected chi connectivity index (χ2v) is 5.72. The van der Waals surface area contributed by atoms with Crippen molar-refractivity contribution in [3.63, 3.8) is 0 Å². The molecular formula is C14H10BrFN2S. The van der Waals surface area contributed by atoms with Gasteiger partial charge in [-0.05, 0) is 55.0 Å². The molecule has 0 saturated carbocycles. The number of imidazole rings is 1. The number of nitrogens with zero attached hydrogens (tertiary/aromatic N) is 1. The normalized spacial score (nSPS) is 11.1. The molecule has 5 heteroatoms. The lowest BCUT2D eigenvalue weighted by Crippen LogP contribution is -1.95. The van der Waals surface area contributed by atoms with Gasteiger partial charge in [0.25, 0.3) is 0 Å². The first-order valence-electron chi connectivity index (χ1n) is 5.72. The van der Waals surface area contributed by atoms with E-state index in [9.17, 15) is 4.39 Å². The lowest BCUT2D eigenvalue weighted by Gasteiger charge is -2.07. The zero-order valence-corrected chi connectivity index (χ0v) is 12.5. The molecule has 19 heavy (non-hydrogen) atoms. The number of aryl methyl sites for hydroxylation is 1. The standard InChI is InChI=1S/C14H10BrFN2S/c1-8-4-9(15)6-11(5-8)18-13-7-10(16)2-3-12(13)17-14(18)19/h2-7H,1H3,(H,17,19). The van der Waals surface area contributed by atoms with E-state index in [0.29, 0.717) is 4.77 Å².